The van der Waals surface area contributed by atoms with Crippen LogP contribution in [0.2, 0.25) is 5.02 Å². The zero-order valence-electron chi connectivity index (χ0n) is 10.2. The Bertz CT molecular complexity index is 787. The standard InChI is InChI=1S/C15H10BrClINS/c16-12-3-1-2-9-11(7-20-15(9)12)14(19)10-6-8(17)4-5-13(10)18/h1-7,14H,19H2. The van der Waals surface area contributed by atoms with Gasteiger partial charge in [0.05, 0.1) is 6.04 Å². The van der Waals surface area contributed by atoms with Gasteiger partial charge in [0.1, 0.15) is 0 Å². The third-order valence-electron chi connectivity index (χ3n) is 3.21. The van der Waals surface area contributed by atoms with Gasteiger partial charge in [0.2, 0.25) is 0 Å². The molecule has 0 fully saturated rings. The van der Waals surface area contributed by atoms with E-state index in [0.29, 0.717) is 0 Å². The molecule has 2 N–H and O–H groups in total. The summed E-state index contributed by atoms with van der Waals surface area (Å²) in [4.78, 5) is 0. The number of hydrogen-bond donors (Lipinski definition) is 1. The molecule has 0 spiro atoms. The SMILES string of the molecule is NC(c1cc(Cl)ccc1I)c1csc2c(Br)cccc12. The van der Waals surface area contributed by atoms with Crippen molar-refractivity contribution in [1.82, 2.24) is 0 Å². The first kappa shape index (κ1) is 14.8. The minimum atomic E-state index is -0.163. The maximum atomic E-state index is 6.47. The van der Waals surface area contributed by atoms with Crippen LogP contribution in [0.25, 0.3) is 10.1 Å². The van der Waals surface area contributed by atoms with Crippen LogP contribution >= 0.6 is 61.5 Å². The van der Waals surface area contributed by atoms with Crippen molar-refractivity contribution in [2.24, 2.45) is 5.73 Å². The lowest BCUT2D eigenvalue weighted by molar-refractivity contribution is 0.878. The van der Waals surface area contributed by atoms with E-state index in [4.69, 9.17) is 17.3 Å². The second-order valence-electron chi connectivity index (χ2n) is 4.45. The minimum absolute atomic E-state index is 0.163. The molecule has 1 aromatic heterocycles. The molecule has 0 bridgehead atoms. The van der Waals surface area contributed by atoms with Crippen LogP contribution in [0.1, 0.15) is 17.2 Å². The molecular formula is C15H10BrClINS. The summed E-state index contributed by atoms with van der Waals surface area (Å²) in [6.07, 6.45) is 0. The van der Waals surface area contributed by atoms with Crippen molar-refractivity contribution >= 4 is 71.5 Å². The summed E-state index contributed by atoms with van der Waals surface area (Å²) in [5, 5.41) is 4.06. The van der Waals surface area contributed by atoms with Crippen LogP contribution < -0.4 is 5.73 Å². The molecule has 0 radical (unpaired) electrons. The number of hydrogen-bond acceptors (Lipinski definition) is 2. The van der Waals surface area contributed by atoms with Gasteiger partial charge in [-0.1, -0.05) is 23.7 Å². The first-order valence-electron chi connectivity index (χ1n) is 5.94. The molecule has 1 nitrogen and oxygen atoms in total. The van der Waals surface area contributed by atoms with Crippen molar-refractivity contribution in [3.05, 3.63) is 66.0 Å². The summed E-state index contributed by atoms with van der Waals surface area (Å²) in [5.74, 6) is 0. The Morgan fingerprint density at radius 1 is 1.20 bits per heavy atom. The van der Waals surface area contributed by atoms with Crippen LogP contribution in [0.3, 0.4) is 0 Å². The smallest absolute Gasteiger partial charge is 0.0577 e. The van der Waals surface area contributed by atoms with Gasteiger partial charge in [0, 0.05) is 17.8 Å². The summed E-state index contributed by atoms with van der Waals surface area (Å²) in [6.45, 7) is 0. The van der Waals surface area contributed by atoms with Crippen molar-refractivity contribution in [1.29, 1.82) is 0 Å². The highest BCUT2D eigenvalue weighted by atomic mass is 127. The summed E-state index contributed by atoms with van der Waals surface area (Å²) < 4.78 is 3.48. The minimum Gasteiger partial charge on any atom is -0.320 e. The molecule has 20 heavy (non-hydrogen) atoms. The topological polar surface area (TPSA) is 26.0 Å². The molecule has 0 aliphatic carbocycles. The fourth-order valence-electron chi connectivity index (χ4n) is 2.20. The Labute approximate surface area is 148 Å². The van der Waals surface area contributed by atoms with E-state index in [9.17, 15) is 0 Å². The number of rotatable bonds is 2. The molecule has 5 heteroatoms. The number of benzene rings is 2. The summed E-state index contributed by atoms with van der Waals surface area (Å²) in [5.41, 5.74) is 8.69. The Hall–Kier alpha value is -0.140. The first-order chi connectivity index (χ1) is 9.58. The van der Waals surface area contributed by atoms with Crippen LogP contribution in [-0.2, 0) is 0 Å². The highest BCUT2D eigenvalue weighted by molar-refractivity contribution is 14.1. The average molecular weight is 479 g/mol. The van der Waals surface area contributed by atoms with Crippen molar-refractivity contribution in [3.63, 3.8) is 0 Å². The van der Waals surface area contributed by atoms with E-state index >= 15 is 0 Å². The molecule has 0 aliphatic rings. The van der Waals surface area contributed by atoms with Crippen LogP contribution in [-0.4, -0.2) is 0 Å². The number of fused-ring (bicyclic) bond motifs is 1. The summed E-state index contributed by atoms with van der Waals surface area (Å²) >= 11 is 13.7. The van der Waals surface area contributed by atoms with Gasteiger partial charge in [-0.25, -0.2) is 0 Å². The lowest BCUT2D eigenvalue weighted by atomic mass is 9.99. The molecule has 0 saturated carbocycles. The normalized spacial score (nSPS) is 12.8. The van der Waals surface area contributed by atoms with E-state index in [1.807, 2.05) is 24.3 Å². The highest BCUT2D eigenvalue weighted by Crippen LogP contribution is 2.37. The molecule has 0 aliphatic heterocycles. The van der Waals surface area contributed by atoms with Crippen molar-refractivity contribution in [3.8, 4) is 0 Å². The van der Waals surface area contributed by atoms with Crippen LogP contribution in [0.15, 0.2) is 46.3 Å². The zero-order valence-corrected chi connectivity index (χ0v) is 15.6. The van der Waals surface area contributed by atoms with Crippen LogP contribution in [0, 0.1) is 3.57 Å². The molecule has 3 rings (SSSR count). The molecule has 0 amide bonds. The number of thiophene rings is 1. The summed E-state index contributed by atoms with van der Waals surface area (Å²) in [7, 11) is 0. The van der Waals surface area contributed by atoms with Crippen molar-refractivity contribution in [2.75, 3.05) is 0 Å². The molecule has 1 atom stereocenters. The van der Waals surface area contributed by atoms with Crippen molar-refractivity contribution in [2.45, 2.75) is 6.04 Å². The van der Waals surface area contributed by atoms with E-state index in [2.05, 4.69) is 56.0 Å². The molecule has 1 heterocycles. The Balaban J connectivity index is 2.15. The molecule has 1 unspecified atom stereocenters. The predicted octanol–water partition coefficient (Wildman–Crippen LogP) is 5.97. The summed E-state index contributed by atoms with van der Waals surface area (Å²) in [6, 6.07) is 11.9. The van der Waals surface area contributed by atoms with Gasteiger partial charge < -0.3 is 5.73 Å². The predicted molar refractivity (Wildman–Crippen MR) is 99.7 cm³/mol. The fraction of sp³-hybridized carbons (Fsp3) is 0.0667. The third-order valence-corrected chi connectivity index (χ3v) is 6.40. The van der Waals surface area contributed by atoms with E-state index in [-0.39, 0.29) is 6.04 Å². The van der Waals surface area contributed by atoms with E-state index < -0.39 is 0 Å². The zero-order chi connectivity index (χ0) is 14.3. The van der Waals surface area contributed by atoms with Gasteiger partial charge in [0.25, 0.3) is 0 Å². The van der Waals surface area contributed by atoms with E-state index in [1.165, 1.54) is 10.1 Å². The van der Waals surface area contributed by atoms with Crippen molar-refractivity contribution < 1.29 is 0 Å². The maximum Gasteiger partial charge on any atom is 0.0577 e. The molecule has 2 aromatic carbocycles. The lowest BCUT2D eigenvalue weighted by Crippen LogP contribution is -2.12. The van der Waals surface area contributed by atoms with Gasteiger partial charge >= 0.3 is 0 Å². The number of halogens is 3. The van der Waals surface area contributed by atoms with E-state index in [0.717, 1.165) is 24.2 Å². The quantitative estimate of drug-likeness (QED) is 0.451. The van der Waals surface area contributed by atoms with Gasteiger partial charge in [-0.3, -0.25) is 0 Å². The van der Waals surface area contributed by atoms with E-state index in [1.54, 1.807) is 11.3 Å². The molecule has 3 aromatic rings. The number of nitrogens with two attached hydrogens (primary N) is 1. The van der Waals surface area contributed by atoms with Gasteiger partial charge in [-0.2, -0.15) is 0 Å². The Morgan fingerprint density at radius 2 is 2.00 bits per heavy atom. The monoisotopic (exact) mass is 477 g/mol. The van der Waals surface area contributed by atoms with Crippen LogP contribution in [0.5, 0.6) is 0 Å². The van der Waals surface area contributed by atoms with Gasteiger partial charge in [-0.15, -0.1) is 11.3 Å². The van der Waals surface area contributed by atoms with Gasteiger partial charge in [-0.05, 0) is 84.7 Å². The highest BCUT2D eigenvalue weighted by Gasteiger charge is 2.17. The lowest BCUT2D eigenvalue weighted by Gasteiger charge is -2.14. The Morgan fingerprint density at radius 3 is 2.80 bits per heavy atom. The molecule has 102 valence electrons. The second kappa shape index (κ2) is 5.93. The average Bonchev–Trinajstić information content (AvgIpc) is 2.86. The van der Waals surface area contributed by atoms with Gasteiger partial charge in [0.15, 0.2) is 0 Å². The fourth-order valence-corrected chi connectivity index (χ4v) is 4.71. The second-order valence-corrected chi connectivity index (χ2v) is 7.78. The largest absolute Gasteiger partial charge is 0.320 e. The molecular weight excluding hydrogens is 469 g/mol. The third kappa shape index (κ3) is 2.64. The first-order valence-corrected chi connectivity index (χ1v) is 9.07. The molecule has 0 saturated heterocycles. The Kier molecular flexibility index (Phi) is 4.38. The van der Waals surface area contributed by atoms with Crippen LogP contribution in [0.4, 0.5) is 0 Å². The maximum absolute atomic E-state index is 6.47.